The van der Waals surface area contributed by atoms with Crippen LogP contribution in [0.4, 0.5) is 11.4 Å². The van der Waals surface area contributed by atoms with Crippen LogP contribution in [0.2, 0.25) is 0 Å². The minimum Gasteiger partial charge on any atom is -0.497 e. The first kappa shape index (κ1) is 22.2. The highest BCUT2D eigenvalue weighted by molar-refractivity contribution is 7.98. The number of nitrogens with zero attached hydrogens (tertiary/aromatic N) is 2. The summed E-state index contributed by atoms with van der Waals surface area (Å²) in [7, 11) is -2.17. The van der Waals surface area contributed by atoms with Crippen LogP contribution in [0.25, 0.3) is 0 Å². The van der Waals surface area contributed by atoms with Gasteiger partial charge in [0.05, 0.1) is 23.3 Å². The Kier molecular flexibility index (Phi) is 6.38. The molecule has 0 unspecified atom stereocenters. The highest BCUT2D eigenvalue weighted by Crippen LogP contribution is 2.34. The van der Waals surface area contributed by atoms with E-state index in [4.69, 9.17) is 4.74 Å². The Bertz CT molecular complexity index is 1240. The molecular weight excluding hydrogens is 446 g/mol. The van der Waals surface area contributed by atoms with Gasteiger partial charge in [-0.1, -0.05) is 0 Å². The first-order chi connectivity index (χ1) is 15.4. The molecule has 1 N–H and O–H groups in total. The van der Waals surface area contributed by atoms with Crippen LogP contribution in [-0.4, -0.2) is 39.2 Å². The van der Waals surface area contributed by atoms with E-state index < -0.39 is 10.0 Å². The van der Waals surface area contributed by atoms with Crippen molar-refractivity contribution in [3.63, 3.8) is 0 Å². The molecule has 0 aliphatic carbocycles. The number of nitrogens with one attached hydrogen (secondary N) is 1. The Balaban J connectivity index is 1.60. The molecule has 2 aromatic carbocycles. The monoisotopic (exact) mass is 469 g/mol. The van der Waals surface area contributed by atoms with Gasteiger partial charge in [0.15, 0.2) is 0 Å². The summed E-state index contributed by atoms with van der Waals surface area (Å²) in [6, 6.07) is 15.2. The number of methoxy groups -OCH3 is 1. The SMILES string of the molecule is COc1ccc(S(=O)(=O)N2CCCc3cc(NC(=O)c4cccnc4SC)ccc32)cc1. The molecule has 1 amide bonds. The number of benzene rings is 2. The molecule has 0 fully saturated rings. The second-order valence-corrected chi connectivity index (χ2v) is 9.87. The quantitative estimate of drug-likeness (QED) is 0.544. The molecule has 1 aliphatic rings. The molecule has 0 radical (unpaired) electrons. The van der Waals surface area contributed by atoms with Crippen LogP contribution in [-0.2, 0) is 16.4 Å². The third-order valence-electron chi connectivity index (χ3n) is 5.27. The molecular formula is C23H23N3O4S2. The lowest BCUT2D eigenvalue weighted by atomic mass is 10.0. The lowest BCUT2D eigenvalue weighted by Crippen LogP contribution is -2.35. The van der Waals surface area contributed by atoms with Gasteiger partial charge in [-0.05, 0) is 79.3 Å². The van der Waals surface area contributed by atoms with Crippen molar-refractivity contribution in [3.8, 4) is 5.75 Å². The van der Waals surface area contributed by atoms with Crippen LogP contribution in [0.1, 0.15) is 22.3 Å². The van der Waals surface area contributed by atoms with Gasteiger partial charge in [-0.15, -0.1) is 11.8 Å². The summed E-state index contributed by atoms with van der Waals surface area (Å²) in [6.45, 7) is 0.403. The maximum absolute atomic E-state index is 13.3. The van der Waals surface area contributed by atoms with Crippen LogP contribution in [0.15, 0.2) is 70.7 Å². The molecule has 1 aliphatic heterocycles. The smallest absolute Gasteiger partial charge is 0.264 e. The Morgan fingerprint density at radius 3 is 2.66 bits per heavy atom. The van der Waals surface area contributed by atoms with Gasteiger partial charge in [0.2, 0.25) is 0 Å². The molecule has 166 valence electrons. The molecule has 4 rings (SSSR count). The summed E-state index contributed by atoms with van der Waals surface area (Å²) in [4.78, 5) is 17.2. The van der Waals surface area contributed by atoms with Crippen LogP contribution in [0.5, 0.6) is 5.75 Å². The highest BCUT2D eigenvalue weighted by Gasteiger charge is 2.29. The number of thioether (sulfide) groups is 1. The van der Waals surface area contributed by atoms with Crippen molar-refractivity contribution < 1.29 is 17.9 Å². The van der Waals surface area contributed by atoms with Crippen molar-refractivity contribution in [2.75, 3.05) is 29.5 Å². The van der Waals surface area contributed by atoms with E-state index in [1.54, 1.807) is 54.7 Å². The Hall–Kier alpha value is -3.04. The molecule has 0 saturated heterocycles. The molecule has 7 nitrogen and oxygen atoms in total. The van der Waals surface area contributed by atoms with Crippen LogP contribution < -0.4 is 14.4 Å². The number of aromatic nitrogens is 1. The predicted octanol–water partition coefficient (Wildman–Crippen LogP) is 4.21. The molecule has 0 spiro atoms. The van der Waals surface area contributed by atoms with Gasteiger partial charge in [-0.3, -0.25) is 9.10 Å². The van der Waals surface area contributed by atoms with Gasteiger partial charge in [0.1, 0.15) is 10.8 Å². The largest absolute Gasteiger partial charge is 0.497 e. The van der Waals surface area contributed by atoms with E-state index in [-0.39, 0.29) is 10.8 Å². The number of rotatable bonds is 6. The number of aryl methyl sites for hydroxylation is 1. The van der Waals surface area contributed by atoms with E-state index in [0.717, 1.165) is 12.0 Å². The zero-order valence-electron chi connectivity index (χ0n) is 17.7. The zero-order chi connectivity index (χ0) is 22.7. The summed E-state index contributed by atoms with van der Waals surface area (Å²) in [6.07, 6.45) is 4.95. The minimum atomic E-state index is -3.71. The Morgan fingerprint density at radius 2 is 1.94 bits per heavy atom. The van der Waals surface area contributed by atoms with Crippen molar-refractivity contribution in [2.45, 2.75) is 22.8 Å². The summed E-state index contributed by atoms with van der Waals surface area (Å²) < 4.78 is 33.1. The average Bonchev–Trinajstić information content (AvgIpc) is 2.83. The van der Waals surface area contributed by atoms with Crippen molar-refractivity contribution in [3.05, 3.63) is 71.9 Å². The predicted molar refractivity (Wildman–Crippen MR) is 126 cm³/mol. The van der Waals surface area contributed by atoms with Gasteiger partial charge in [-0.2, -0.15) is 0 Å². The van der Waals surface area contributed by atoms with E-state index in [2.05, 4.69) is 10.3 Å². The lowest BCUT2D eigenvalue weighted by molar-refractivity contribution is 0.102. The van der Waals surface area contributed by atoms with E-state index in [0.29, 0.717) is 40.7 Å². The van der Waals surface area contributed by atoms with Crippen LogP contribution in [0.3, 0.4) is 0 Å². The summed E-state index contributed by atoms with van der Waals surface area (Å²) in [5, 5.41) is 3.56. The number of hydrogen-bond acceptors (Lipinski definition) is 6. The van der Waals surface area contributed by atoms with E-state index >= 15 is 0 Å². The molecule has 0 bridgehead atoms. The normalized spacial score (nSPS) is 13.4. The number of carbonyl (C=O) groups excluding carboxylic acids is 1. The molecule has 3 aromatic rings. The fourth-order valence-corrected chi connectivity index (χ4v) is 5.78. The number of fused-ring (bicyclic) bond motifs is 1. The third-order valence-corrected chi connectivity index (χ3v) is 7.81. The summed E-state index contributed by atoms with van der Waals surface area (Å²) in [5.41, 5.74) is 2.63. The Labute approximate surface area is 191 Å². The third kappa shape index (κ3) is 4.31. The fraction of sp³-hybridized carbons (Fsp3) is 0.217. The number of ether oxygens (including phenoxy) is 1. The van der Waals surface area contributed by atoms with Crippen molar-refractivity contribution in [1.82, 2.24) is 4.98 Å². The number of hydrogen-bond donors (Lipinski definition) is 1. The van der Waals surface area contributed by atoms with Crippen LogP contribution in [0, 0.1) is 0 Å². The number of pyridine rings is 1. The van der Waals surface area contributed by atoms with E-state index in [9.17, 15) is 13.2 Å². The number of anilines is 2. The molecule has 1 aromatic heterocycles. The van der Waals surface area contributed by atoms with Gasteiger partial charge in [-0.25, -0.2) is 13.4 Å². The van der Waals surface area contributed by atoms with Gasteiger partial charge in [0, 0.05) is 18.4 Å². The topological polar surface area (TPSA) is 88.6 Å². The second-order valence-electron chi connectivity index (χ2n) is 7.21. The van der Waals surface area contributed by atoms with E-state index in [1.807, 2.05) is 12.3 Å². The standard InChI is InChI=1S/C23H23N3O4S2/c1-30-18-8-10-19(11-9-18)32(28,29)26-14-4-5-16-15-17(7-12-21(16)26)25-22(27)20-6-3-13-24-23(20)31-2/h3,6-13,15H,4-5,14H2,1-2H3,(H,25,27). The average molecular weight is 470 g/mol. The van der Waals surface area contributed by atoms with Gasteiger partial charge < -0.3 is 10.1 Å². The maximum atomic E-state index is 13.3. The zero-order valence-corrected chi connectivity index (χ0v) is 19.4. The molecule has 2 heterocycles. The Morgan fingerprint density at radius 1 is 1.16 bits per heavy atom. The molecule has 9 heteroatoms. The molecule has 0 atom stereocenters. The number of carbonyl (C=O) groups is 1. The van der Waals surface area contributed by atoms with Crippen molar-refractivity contribution in [1.29, 1.82) is 0 Å². The van der Waals surface area contributed by atoms with Crippen molar-refractivity contribution >= 4 is 39.1 Å². The summed E-state index contributed by atoms with van der Waals surface area (Å²) >= 11 is 1.41. The first-order valence-corrected chi connectivity index (χ1v) is 12.7. The van der Waals surface area contributed by atoms with Gasteiger partial charge in [0.25, 0.3) is 15.9 Å². The minimum absolute atomic E-state index is 0.213. The summed E-state index contributed by atoms with van der Waals surface area (Å²) in [5.74, 6) is 0.350. The molecule has 0 saturated carbocycles. The lowest BCUT2D eigenvalue weighted by Gasteiger charge is -2.31. The first-order valence-electron chi connectivity index (χ1n) is 10.0. The second kappa shape index (κ2) is 9.22. The van der Waals surface area contributed by atoms with Crippen LogP contribution >= 0.6 is 11.8 Å². The highest BCUT2D eigenvalue weighted by atomic mass is 32.2. The van der Waals surface area contributed by atoms with E-state index in [1.165, 1.54) is 23.2 Å². The number of amides is 1. The maximum Gasteiger partial charge on any atom is 0.264 e. The van der Waals surface area contributed by atoms with Crippen molar-refractivity contribution in [2.24, 2.45) is 0 Å². The molecule has 32 heavy (non-hydrogen) atoms. The number of sulfonamides is 1. The fourth-order valence-electron chi connectivity index (χ4n) is 3.69. The van der Waals surface area contributed by atoms with Gasteiger partial charge >= 0.3 is 0 Å².